The van der Waals surface area contributed by atoms with Crippen molar-refractivity contribution >= 4 is 10.0 Å². The first-order valence-electron chi connectivity index (χ1n) is 6.52. The molecule has 7 nitrogen and oxygen atoms in total. The van der Waals surface area contributed by atoms with Gasteiger partial charge in [0.15, 0.2) is 11.5 Å². The fourth-order valence-electron chi connectivity index (χ4n) is 2.47. The highest BCUT2D eigenvalue weighted by Crippen LogP contribution is 2.36. The number of hydrogen-bond donors (Lipinski definition) is 0. The summed E-state index contributed by atoms with van der Waals surface area (Å²) in [5.74, 6) is 1.05. The number of hydrogen-bond acceptors (Lipinski definition) is 5. The van der Waals surface area contributed by atoms with Gasteiger partial charge in [-0.05, 0) is 12.1 Å². The zero-order valence-corrected chi connectivity index (χ0v) is 11.9. The number of fused-ring (bicyclic) bond motifs is 1. The highest BCUT2D eigenvalue weighted by Gasteiger charge is 2.38. The SMILES string of the molecule is O=S(=O)(c1ccc2c(c1)OCO2)N1CC(n2ccnc2)C1. The summed E-state index contributed by atoms with van der Waals surface area (Å²) < 4.78 is 38.9. The summed E-state index contributed by atoms with van der Waals surface area (Å²) in [6, 6.07) is 4.84. The Morgan fingerprint density at radius 3 is 2.76 bits per heavy atom. The second-order valence-corrected chi connectivity index (χ2v) is 6.94. The van der Waals surface area contributed by atoms with Crippen LogP contribution in [0.2, 0.25) is 0 Å². The van der Waals surface area contributed by atoms with E-state index in [4.69, 9.17) is 9.47 Å². The monoisotopic (exact) mass is 307 g/mol. The Balaban J connectivity index is 1.55. The van der Waals surface area contributed by atoms with Gasteiger partial charge in [-0.1, -0.05) is 0 Å². The number of nitrogens with zero attached hydrogens (tertiary/aromatic N) is 3. The van der Waals surface area contributed by atoms with Crippen molar-refractivity contribution in [2.45, 2.75) is 10.9 Å². The van der Waals surface area contributed by atoms with Crippen LogP contribution in [-0.4, -0.2) is 42.2 Å². The Hall–Kier alpha value is -2.06. The molecule has 21 heavy (non-hydrogen) atoms. The van der Waals surface area contributed by atoms with E-state index in [9.17, 15) is 8.42 Å². The molecule has 0 amide bonds. The second kappa shape index (κ2) is 4.47. The first kappa shape index (κ1) is 12.7. The summed E-state index contributed by atoms with van der Waals surface area (Å²) in [6.45, 7) is 1.03. The first-order valence-corrected chi connectivity index (χ1v) is 7.96. The number of benzene rings is 1. The van der Waals surface area contributed by atoms with Crippen molar-refractivity contribution < 1.29 is 17.9 Å². The number of aromatic nitrogens is 2. The van der Waals surface area contributed by atoms with Gasteiger partial charge in [0, 0.05) is 31.5 Å². The minimum atomic E-state index is -3.48. The number of rotatable bonds is 3. The van der Waals surface area contributed by atoms with Crippen LogP contribution in [-0.2, 0) is 10.0 Å². The van der Waals surface area contributed by atoms with E-state index in [1.54, 1.807) is 24.7 Å². The highest BCUT2D eigenvalue weighted by atomic mass is 32.2. The van der Waals surface area contributed by atoms with Crippen molar-refractivity contribution in [2.75, 3.05) is 19.9 Å². The Morgan fingerprint density at radius 1 is 1.19 bits per heavy atom. The molecular formula is C13H13N3O4S. The van der Waals surface area contributed by atoms with Crippen LogP contribution in [0.25, 0.3) is 0 Å². The van der Waals surface area contributed by atoms with Gasteiger partial charge in [0.05, 0.1) is 17.3 Å². The Morgan fingerprint density at radius 2 is 2.00 bits per heavy atom. The van der Waals surface area contributed by atoms with Gasteiger partial charge < -0.3 is 14.0 Å². The molecule has 4 rings (SSSR count). The van der Waals surface area contributed by atoms with Gasteiger partial charge in [-0.15, -0.1) is 0 Å². The summed E-state index contributed by atoms with van der Waals surface area (Å²) in [6.07, 6.45) is 5.24. The van der Waals surface area contributed by atoms with Crippen molar-refractivity contribution in [3.63, 3.8) is 0 Å². The number of imidazole rings is 1. The van der Waals surface area contributed by atoms with Crippen molar-refractivity contribution in [3.8, 4) is 11.5 Å². The summed E-state index contributed by atoms with van der Waals surface area (Å²) in [5, 5.41) is 0. The molecule has 0 atom stereocenters. The Bertz CT molecular complexity index is 767. The summed E-state index contributed by atoms with van der Waals surface area (Å²) in [5.41, 5.74) is 0. The predicted molar refractivity (Wildman–Crippen MR) is 72.6 cm³/mol. The molecule has 2 aliphatic rings. The van der Waals surface area contributed by atoms with Gasteiger partial charge in [-0.2, -0.15) is 4.31 Å². The van der Waals surface area contributed by atoms with Crippen LogP contribution < -0.4 is 9.47 Å². The lowest BCUT2D eigenvalue weighted by Crippen LogP contribution is -2.50. The molecule has 1 saturated heterocycles. The maximum atomic E-state index is 12.5. The lowest BCUT2D eigenvalue weighted by atomic mass is 10.2. The molecule has 0 bridgehead atoms. The second-order valence-electron chi connectivity index (χ2n) is 5.00. The number of sulfonamides is 1. The average Bonchev–Trinajstić information content (AvgIpc) is 3.06. The lowest BCUT2D eigenvalue weighted by molar-refractivity contribution is 0.174. The van der Waals surface area contributed by atoms with Gasteiger partial charge in [0.2, 0.25) is 16.8 Å². The van der Waals surface area contributed by atoms with E-state index in [0.717, 1.165) is 0 Å². The van der Waals surface area contributed by atoms with Gasteiger partial charge in [-0.25, -0.2) is 13.4 Å². The van der Waals surface area contributed by atoms with E-state index in [2.05, 4.69) is 4.98 Å². The molecule has 1 aromatic carbocycles. The maximum absolute atomic E-state index is 12.5. The van der Waals surface area contributed by atoms with Crippen molar-refractivity contribution in [2.24, 2.45) is 0 Å². The zero-order valence-electron chi connectivity index (χ0n) is 11.0. The number of ether oxygens (including phenoxy) is 2. The topological polar surface area (TPSA) is 73.7 Å². The van der Waals surface area contributed by atoms with Gasteiger partial charge in [0.25, 0.3) is 0 Å². The standard InChI is InChI=1S/C13H13N3O4S/c17-21(18,11-1-2-12-13(5-11)20-9-19-12)16-6-10(7-16)15-4-3-14-8-15/h1-5,8,10H,6-7,9H2. The summed E-state index contributed by atoms with van der Waals surface area (Å²) in [7, 11) is -3.48. The van der Waals surface area contributed by atoms with E-state index < -0.39 is 10.0 Å². The fourth-order valence-corrected chi connectivity index (χ4v) is 4.00. The molecule has 0 saturated carbocycles. The quantitative estimate of drug-likeness (QED) is 0.841. The van der Waals surface area contributed by atoms with Crippen LogP contribution in [0.3, 0.4) is 0 Å². The molecule has 1 aromatic heterocycles. The molecule has 0 unspecified atom stereocenters. The molecule has 0 radical (unpaired) electrons. The van der Waals surface area contributed by atoms with E-state index in [1.165, 1.54) is 10.4 Å². The van der Waals surface area contributed by atoms with E-state index in [-0.39, 0.29) is 17.7 Å². The molecular weight excluding hydrogens is 294 g/mol. The van der Waals surface area contributed by atoms with Crippen molar-refractivity contribution in [3.05, 3.63) is 36.9 Å². The fraction of sp³-hybridized carbons (Fsp3) is 0.308. The van der Waals surface area contributed by atoms with Crippen molar-refractivity contribution in [1.82, 2.24) is 13.9 Å². The summed E-state index contributed by atoms with van der Waals surface area (Å²) in [4.78, 5) is 4.21. The van der Waals surface area contributed by atoms with Crippen LogP contribution in [0, 0.1) is 0 Å². The molecule has 8 heteroatoms. The van der Waals surface area contributed by atoms with Crippen LogP contribution in [0.1, 0.15) is 6.04 Å². The van der Waals surface area contributed by atoms with E-state index >= 15 is 0 Å². The Labute approximate surface area is 121 Å². The summed E-state index contributed by atoms with van der Waals surface area (Å²) >= 11 is 0. The van der Waals surface area contributed by atoms with Gasteiger partial charge in [0.1, 0.15) is 0 Å². The predicted octanol–water partition coefficient (Wildman–Crippen LogP) is 0.857. The Kier molecular flexibility index (Phi) is 2.69. The highest BCUT2D eigenvalue weighted by molar-refractivity contribution is 7.89. The van der Waals surface area contributed by atoms with Crippen LogP contribution in [0.5, 0.6) is 11.5 Å². The van der Waals surface area contributed by atoms with Gasteiger partial charge >= 0.3 is 0 Å². The molecule has 2 aromatic rings. The van der Waals surface area contributed by atoms with Crippen molar-refractivity contribution in [1.29, 1.82) is 0 Å². The minimum absolute atomic E-state index is 0.130. The van der Waals surface area contributed by atoms with E-state index in [1.807, 2.05) is 10.8 Å². The minimum Gasteiger partial charge on any atom is -0.454 e. The molecule has 0 N–H and O–H groups in total. The average molecular weight is 307 g/mol. The van der Waals surface area contributed by atoms with Crippen LogP contribution in [0.4, 0.5) is 0 Å². The molecule has 0 aliphatic carbocycles. The molecule has 110 valence electrons. The third-order valence-corrected chi connectivity index (χ3v) is 5.58. The zero-order chi connectivity index (χ0) is 14.4. The van der Waals surface area contributed by atoms with Crippen LogP contribution in [0.15, 0.2) is 41.8 Å². The third kappa shape index (κ3) is 1.98. The van der Waals surface area contributed by atoms with E-state index in [0.29, 0.717) is 24.6 Å². The smallest absolute Gasteiger partial charge is 0.243 e. The third-order valence-electron chi connectivity index (χ3n) is 3.76. The molecule has 0 spiro atoms. The van der Waals surface area contributed by atoms with Crippen LogP contribution >= 0.6 is 0 Å². The molecule has 3 heterocycles. The normalized spacial score (nSPS) is 18.7. The van der Waals surface area contributed by atoms with Gasteiger partial charge in [-0.3, -0.25) is 0 Å². The molecule has 1 fully saturated rings. The molecule has 2 aliphatic heterocycles. The first-order chi connectivity index (χ1) is 10.1. The lowest BCUT2D eigenvalue weighted by Gasteiger charge is -2.38. The largest absolute Gasteiger partial charge is 0.454 e. The maximum Gasteiger partial charge on any atom is 0.243 e.